The van der Waals surface area contributed by atoms with Crippen LogP contribution in [0.15, 0.2) is 0 Å². The molecule has 6 heteroatoms. The lowest BCUT2D eigenvalue weighted by molar-refractivity contribution is -0.139. The third-order valence-corrected chi connectivity index (χ3v) is 5.22. The minimum Gasteiger partial charge on any atom is -0.481 e. The highest BCUT2D eigenvalue weighted by atomic mass is 16.4. The van der Waals surface area contributed by atoms with E-state index in [2.05, 4.69) is 17.6 Å². The van der Waals surface area contributed by atoms with Crippen molar-refractivity contribution in [3.8, 4) is 0 Å². The molecule has 0 saturated carbocycles. The number of urea groups is 1. The van der Waals surface area contributed by atoms with Crippen molar-refractivity contribution in [1.82, 2.24) is 10.6 Å². The van der Waals surface area contributed by atoms with Gasteiger partial charge in [0.1, 0.15) is 0 Å². The molecule has 4 N–H and O–H groups in total. The molecule has 29 heavy (non-hydrogen) atoms. The normalized spacial score (nSPS) is 11.9. The second-order valence-electron chi connectivity index (χ2n) is 8.19. The van der Waals surface area contributed by atoms with Gasteiger partial charge in [-0.3, -0.25) is 4.79 Å². The number of hydrogen-bond donors (Lipinski definition) is 4. The second kappa shape index (κ2) is 21.4. The van der Waals surface area contributed by atoms with Crippen molar-refractivity contribution in [2.24, 2.45) is 0 Å². The maximum absolute atomic E-state index is 11.5. The number of aliphatic hydroxyl groups is 1. The molecule has 0 aromatic carbocycles. The maximum atomic E-state index is 11.5. The van der Waals surface area contributed by atoms with Crippen molar-refractivity contribution in [3.63, 3.8) is 0 Å². The zero-order chi connectivity index (χ0) is 21.6. The summed E-state index contributed by atoms with van der Waals surface area (Å²) in [5.41, 5.74) is 0. The number of rotatable bonds is 21. The molecule has 0 radical (unpaired) electrons. The highest BCUT2D eigenvalue weighted by Gasteiger charge is 2.10. The number of hydrogen-bond acceptors (Lipinski definition) is 3. The van der Waals surface area contributed by atoms with E-state index in [-0.39, 0.29) is 19.0 Å². The largest absolute Gasteiger partial charge is 0.481 e. The van der Waals surface area contributed by atoms with Gasteiger partial charge < -0.3 is 20.8 Å². The molecule has 0 fully saturated rings. The lowest BCUT2D eigenvalue weighted by atomic mass is 10.0. The van der Waals surface area contributed by atoms with Crippen LogP contribution in [-0.2, 0) is 4.79 Å². The van der Waals surface area contributed by atoms with Gasteiger partial charge in [-0.25, -0.2) is 4.79 Å². The van der Waals surface area contributed by atoms with E-state index in [4.69, 9.17) is 5.11 Å². The number of aliphatic carboxylic acids is 1. The Kier molecular flexibility index (Phi) is 20.5. The smallest absolute Gasteiger partial charge is 0.314 e. The monoisotopic (exact) mass is 414 g/mol. The van der Waals surface area contributed by atoms with Gasteiger partial charge in [-0.15, -0.1) is 0 Å². The average Bonchev–Trinajstić information content (AvgIpc) is 2.68. The summed E-state index contributed by atoms with van der Waals surface area (Å²) in [6.45, 7) is 2.83. The van der Waals surface area contributed by atoms with Crippen LogP contribution in [0.5, 0.6) is 0 Å². The summed E-state index contributed by atoms with van der Waals surface area (Å²) in [5.74, 6) is -1.08. The summed E-state index contributed by atoms with van der Waals surface area (Å²) in [6.07, 6.45) is 19.7. The van der Waals surface area contributed by atoms with E-state index in [0.717, 1.165) is 12.8 Å². The number of aliphatic hydroxyl groups excluding tert-OH is 1. The molecule has 0 heterocycles. The lowest BCUT2D eigenvalue weighted by Gasteiger charge is -2.10. The molecular weight excluding hydrogens is 368 g/mol. The van der Waals surface area contributed by atoms with Crippen LogP contribution in [0.3, 0.4) is 0 Å². The Hall–Kier alpha value is -1.30. The Bertz CT molecular complexity index is 391. The molecule has 0 aliphatic heterocycles. The Morgan fingerprint density at radius 3 is 1.52 bits per heavy atom. The fourth-order valence-corrected chi connectivity index (χ4v) is 3.42. The van der Waals surface area contributed by atoms with Crippen LogP contribution < -0.4 is 10.6 Å². The number of carbonyl (C=O) groups is 2. The van der Waals surface area contributed by atoms with Crippen molar-refractivity contribution in [1.29, 1.82) is 0 Å². The molecule has 172 valence electrons. The van der Waals surface area contributed by atoms with Crippen molar-refractivity contribution < 1.29 is 19.8 Å². The molecule has 0 aromatic heterocycles. The summed E-state index contributed by atoms with van der Waals surface area (Å²) >= 11 is 0. The van der Waals surface area contributed by atoms with Crippen LogP contribution >= 0.6 is 0 Å². The van der Waals surface area contributed by atoms with E-state index in [1.807, 2.05) is 0 Å². The molecule has 1 unspecified atom stereocenters. The fraction of sp³-hybridized carbons (Fsp3) is 0.913. The molecule has 0 saturated heterocycles. The topological polar surface area (TPSA) is 98.7 Å². The molecule has 2 amide bonds. The first-order chi connectivity index (χ1) is 14.1. The van der Waals surface area contributed by atoms with E-state index in [1.54, 1.807) is 0 Å². The van der Waals surface area contributed by atoms with Crippen LogP contribution in [0, 0.1) is 0 Å². The van der Waals surface area contributed by atoms with Crippen LogP contribution in [0.1, 0.15) is 116 Å². The Morgan fingerprint density at radius 1 is 0.690 bits per heavy atom. The molecule has 0 aliphatic carbocycles. The first-order valence-electron chi connectivity index (χ1n) is 12.0. The molecule has 0 aliphatic rings. The summed E-state index contributed by atoms with van der Waals surface area (Å²) in [6, 6.07) is -0.351. The molecule has 6 nitrogen and oxygen atoms in total. The molecular formula is C23H46N2O4. The molecule has 1 atom stereocenters. The first kappa shape index (κ1) is 27.7. The highest BCUT2D eigenvalue weighted by Crippen LogP contribution is 2.13. The number of amides is 2. The predicted octanol–water partition coefficient (Wildman–Crippen LogP) is 5.38. The minimum absolute atomic E-state index is 0.0446. The Balaban J connectivity index is 3.20. The van der Waals surface area contributed by atoms with E-state index in [0.29, 0.717) is 6.54 Å². The van der Waals surface area contributed by atoms with Gasteiger partial charge in [0.05, 0.1) is 12.5 Å². The third kappa shape index (κ3) is 22.8. The van der Waals surface area contributed by atoms with Crippen molar-refractivity contribution >= 4 is 12.0 Å². The number of carbonyl (C=O) groups excluding carboxylic acids is 1. The third-order valence-electron chi connectivity index (χ3n) is 5.22. The van der Waals surface area contributed by atoms with Crippen molar-refractivity contribution in [2.75, 3.05) is 13.1 Å². The molecule has 0 bridgehead atoms. The van der Waals surface area contributed by atoms with Gasteiger partial charge in [0.25, 0.3) is 0 Å². The number of carboxylic acids is 1. The van der Waals surface area contributed by atoms with Crippen molar-refractivity contribution in [2.45, 2.75) is 122 Å². The van der Waals surface area contributed by atoms with Gasteiger partial charge >= 0.3 is 12.0 Å². The summed E-state index contributed by atoms with van der Waals surface area (Å²) < 4.78 is 0. The van der Waals surface area contributed by atoms with Gasteiger partial charge in [0.15, 0.2) is 0 Å². The van der Waals surface area contributed by atoms with Crippen LogP contribution in [0.4, 0.5) is 4.79 Å². The van der Waals surface area contributed by atoms with E-state index >= 15 is 0 Å². The van der Waals surface area contributed by atoms with Crippen LogP contribution in [0.2, 0.25) is 0 Å². The molecule has 0 rings (SSSR count). The number of nitrogens with one attached hydrogen (secondary N) is 2. The van der Waals surface area contributed by atoms with Gasteiger partial charge in [0.2, 0.25) is 0 Å². The van der Waals surface area contributed by atoms with Crippen LogP contribution in [0.25, 0.3) is 0 Å². The number of unbranched alkanes of at least 4 members (excludes halogenated alkanes) is 15. The summed E-state index contributed by atoms with van der Waals surface area (Å²) in [4.78, 5) is 21.9. The van der Waals surface area contributed by atoms with Crippen molar-refractivity contribution in [3.05, 3.63) is 0 Å². The van der Waals surface area contributed by atoms with E-state index in [9.17, 15) is 14.7 Å². The first-order valence-corrected chi connectivity index (χ1v) is 12.0. The van der Waals surface area contributed by atoms with E-state index < -0.39 is 12.1 Å². The second-order valence-corrected chi connectivity index (χ2v) is 8.19. The summed E-state index contributed by atoms with van der Waals surface area (Å²) in [5, 5.41) is 23.1. The van der Waals surface area contributed by atoms with Gasteiger partial charge in [-0.05, 0) is 6.42 Å². The summed E-state index contributed by atoms with van der Waals surface area (Å²) in [7, 11) is 0. The maximum Gasteiger partial charge on any atom is 0.314 e. The van der Waals surface area contributed by atoms with E-state index in [1.165, 1.54) is 89.9 Å². The Morgan fingerprint density at radius 2 is 1.10 bits per heavy atom. The van der Waals surface area contributed by atoms with Crippen LogP contribution in [-0.4, -0.2) is 41.4 Å². The average molecular weight is 415 g/mol. The molecule has 0 aromatic rings. The zero-order valence-electron chi connectivity index (χ0n) is 18.7. The minimum atomic E-state index is -1.08. The highest BCUT2D eigenvalue weighted by molar-refractivity contribution is 5.74. The lowest BCUT2D eigenvalue weighted by Crippen LogP contribution is -2.40. The van der Waals surface area contributed by atoms with Gasteiger partial charge in [-0.1, -0.05) is 103 Å². The predicted molar refractivity (Wildman–Crippen MR) is 119 cm³/mol. The standard InChI is InChI=1S/C23H46N2O4/c1-2-3-4-5-6-7-8-9-10-11-12-13-14-15-16-17-18-24-23(29)25-20-21(26)19-22(27)28/h21,26H,2-20H2,1H3,(H,27,28)(H2,24,25,29). The fourth-order valence-electron chi connectivity index (χ4n) is 3.42. The zero-order valence-corrected chi connectivity index (χ0v) is 18.7. The van der Waals surface area contributed by atoms with Gasteiger partial charge in [0, 0.05) is 13.1 Å². The number of carboxylic acid groups (broad SMARTS) is 1. The Labute approximate surface area is 178 Å². The SMILES string of the molecule is CCCCCCCCCCCCCCCCCCNC(=O)NCC(O)CC(=O)O. The molecule has 0 spiro atoms. The van der Waals surface area contributed by atoms with Gasteiger partial charge in [-0.2, -0.15) is 0 Å². The quantitative estimate of drug-likeness (QED) is 0.189.